The van der Waals surface area contributed by atoms with E-state index >= 15 is 0 Å². The van der Waals surface area contributed by atoms with Crippen LogP contribution in [0, 0.1) is 6.92 Å². The summed E-state index contributed by atoms with van der Waals surface area (Å²) in [5, 5.41) is 3.17. The van der Waals surface area contributed by atoms with Gasteiger partial charge in [0.2, 0.25) is 0 Å². The molecule has 4 nitrogen and oxygen atoms in total. The predicted molar refractivity (Wildman–Crippen MR) is 72.6 cm³/mol. The van der Waals surface area contributed by atoms with Crippen LogP contribution in [0.5, 0.6) is 5.75 Å². The highest BCUT2D eigenvalue weighted by molar-refractivity contribution is 5.79. The summed E-state index contributed by atoms with van der Waals surface area (Å²) in [6, 6.07) is 6.14. The Morgan fingerprint density at radius 3 is 2.67 bits per heavy atom. The lowest BCUT2D eigenvalue weighted by molar-refractivity contribution is -0.124. The van der Waals surface area contributed by atoms with Gasteiger partial charge in [0.1, 0.15) is 5.75 Å². The molecule has 2 unspecified atom stereocenters. The van der Waals surface area contributed by atoms with E-state index in [9.17, 15) is 4.79 Å². The van der Waals surface area contributed by atoms with Crippen molar-refractivity contribution in [1.29, 1.82) is 0 Å². The van der Waals surface area contributed by atoms with Crippen molar-refractivity contribution >= 4 is 5.91 Å². The topological polar surface area (TPSA) is 64.3 Å². The quantitative estimate of drug-likeness (QED) is 0.810. The molecule has 3 N–H and O–H groups in total. The van der Waals surface area contributed by atoms with Crippen LogP contribution in [0.25, 0.3) is 0 Å². The third-order valence-corrected chi connectivity index (χ3v) is 3.03. The summed E-state index contributed by atoms with van der Waals surface area (Å²) in [6.07, 6.45) is -0.00832. The molecule has 2 atom stereocenters. The number of amides is 1. The van der Waals surface area contributed by atoms with Crippen molar-refractivity contribution in [2.45, 2.75) is 39.3 Å². The smallest absolute Gasteiger partial charge is 0.258 e. The van der Waals surface area contributed by atoms with Gasteiger partial charge in [-0.15, -0.1) is 0 Å². The normalized spacial score (nSPS) is 14.0. The zero-order valence-corrected chi connectivity index (χ0v) is 11.5. The molecule has 1 amide bonds. The molecule has 18 heavy (non-hydrogen) atoms. The summed E-state index contributed by atoms with van der Waals surface area (Å²) >= 11 is 0. The Labute approximate surface area is 109 Å². The minimum Gasteiger partial charge on any atom is -0.480 e. The van der Waals surface area contributed by atoms with Crippen LogP contribution < -0.4 is 15.8 Å². The molecule has 0 aliphatic heterocycles. The Kier molecular flexibility index (Phi) is 5.16. The third-order valence-electron chi connectivity index (χ3n) is 3.03. The molecule has 1 rings (SSSR count). The Balaban J connectivity index is 3.05. The largest absolute Gasteiger partial charge is 0.480 e. The number of benzene rings is 1. The molecule has 0 saturated carbocycles. The van der Waals surface area contributed by atoms with E-state index in [4.69, 9.17) is 10.5 Å². The van der Waals surface area contributed by atoms with Crippen LogP contribution in [-0.2, 0) is 4.79 Å². The first-order valence-corrected chi connectivity index (χ1v) is 6.23. The van der Waals surface area contributed by atoms with Crippen LogP contribution in [0.4, 0.5) is 0 Å². The lowest BCUT2D eigenvalue weighted by Gasteiger charge is -2.20. The fraction of sp³-hybridized carbons (Fsp3) is 0.500. The predicted octanol–water partition coefficient (Wildman–Crippen LogP) is 1.92. The fourth-order valence-corrected chi connectivity index (χ4v) is 1.75. The van der Waals surface area contributed by atoms with Crippen molar-refractivity contribution in [2.75, 3.05) is 7.05 Å². The van der Waals surface area contributed by atoms with Crippen LogP contribution in [0.15, 0.2) is 18.2 Å². The highest BCUT2D eigenvalue weighted by Gasteiger charge is 2.18. The van der Waals surface area contributed by atoms with E-state index in [1.54, 1.807) is 0 Å². The summed E-state index contributed by atoms with van der Waals surface area (Å²) in [7, 11) is 1.89. The van der Waals surface area contributed by atoms with E-state index in [0.717, 1.165) is 16.9 Å². The molecule has 0 aliphatic rings. The Morgan fingerprint density at radius 1 is 1.50 bits per heavy atom. The van der Waals surface area contributed by atoms with Gasteiger partial charge in [-0.25, -0.2) is 0 Å². The van der Waals surface area contributed by atoms with Gasteiger partial charge in [0, 0.05) is 11.6 Å². The zero-order valence-electron chi connectivity index (χ0n) is 11.5. The van der Waals surface area contributed by atoms with Crippen molar-refractivity contribution in [2.24, 2.45) is 5.73 Å². The summed E-state index contributed by atoms with van der Waals surface area (Å²) < 4.78 is 5.75. The van der Waals surface area contributed by atoms with Crippen LogP contribution in [0.3, 0.4) is 0 Å². The van der Waals surface area contributed by atoms with Gasteiger partial charge in [0.05, 0.1) is 0 Å². The lowest BCUT2D eigenvalue weighted by Crippen LogP contribution is -2.33. The van der Waals surface area contributed by atoms with Crippen LogP contribution in [0.2, 0.25) is 0 Å². The number of nitrogens with two attached hydrogens (primary N) is 1. The van der Waals surface area contributed by atoms with Crippen LogP contribution in [0.1, 0.15) is 37.4 Å². The number of carbonyl (C=O) groups excluding carboxylic acids is 1. The number of nitrogens with one attached hydrogen (secondary N) is 1. The second kappa shape index (κ2) is 6.40. The second-order valence-corrected chi connectivity index (χ2v) is 4.47. The molecule has 100 valence electrons. The molecule has 0 saturated heterocycles. The number of carbonyl (C=O) groups is 1. The number of hydrogen-bond acceptors (Lipinski definition) is 3. The highest BCUT2D eigenvalue weighted by atomic mass is 16.5. The molecule has 1 aromatic carbocycles. The zero-order chi connectivity index (χ0) is 13.7. The van der Waals surface area contributed by atoms with E-state index in [1.807, 2.05) is 46.0 Å². The molecule has 0 fully saturated rings. The van der Waals surface area contributed by atoms with E-state index in [1.165, 1.54) is 0 Å². The number of ether oxygens (including phenoxy) is 1. The van der Waals surface area contributed by atoms with Crippen molar-refractivity contribution < 1.29 is 9.53 Å². The molecule has 0 bridgehead atoms. The first kappa shape index (κ1) is 14.5. The standard InChI is InChI=1S/C14H22N2O2/c1-5-12(14(15)17)18-13-8-9(2)6-7-11(13)10(3)16-4/h6-8,10,12,16H,5H2,1-4H3,(H2,15,17). The lowest BCUT2D eigenvalue weighted by atomic mass is 10.0. The molecule has 0 heterocycles. The van der Waals surface area contributed by atoms with Gasteiger partial charge in [0.25, 0.3) is 5.91 Å². The molecule has 0 aromatic heterocycles. The van der Waals surface area contributed by atoms with Crippen molar-refractivity contribution in [3.05, 3.63) is 29.3 Å². The maximum Gasteiger partial charge on any atom is 0.258 e. The fourth-order valence-electron chi connectivity index (χ4n) is 1.75. The second-order valence-electron chi connectivity index (χ2n) is 4.47. The number of rotatable bonds is 6. The summed E-state index contributed by atoms with van der Waals surface area (Å²) in [5.74, 6) is 0.296. The van der Waals surface area contributed by atoms with Crippen molar-refractivity contribution in [3.63, 3.8) is 0 Å². The highest BCUT2D eigenvalue weighted by Crippen LogP contribution is 2.27. The summed E-state index contributed by atoms with van der Waals surface area (Å²) in [6.45, 7) is 5.92. The minimum absolute atomic E-state index is 0.158. The molecule has 0 radical (unpaired) electrons. The molecule has 4 heteroatoms. The molecule has 0 spiro atoms. The van der Waals surface area contributed by atoms with Crippen molar-refractivity contribution in [3.8, 4) is 5.75 Å². The van der Waals surface area contributed by atoms with Gasteiger partial charge in [-0.1, -0.05) is 19.1 Å². The van der Waals surface area contributed by atoms with E-state index in [-0.39, 0.29) is 6.04 Å². The van der Waals surface area contributed by atoms with Gasteiger partial charge >= 0.3 is 0 Å². The van der Waals surface area contributed by atoms with E-state index < -0.39 is 12.0 Å². The maximum atomic E-state index is 11.3. The monoisotopic (exact) mass is 250 g/mol. The van der Waals surface area contributed by atoms with Gasteiger partial charge < -0.3 is 15.8 Å². The van der Waals surface area contributed by atoms with E-state index in [0.29, 0.717) is 6.42 Å². The first-order chi connectivity index (χ1) is 8.49. The number of primary amides is 1. The maximum absolute atomic E-state index is 11.3. The molecular weight excluding hydrogens is 228 g/mol. The first-order valence-electron chi connectivity index (χ1n) is 6.23. The number of hydrogen-bond donors (Lipinski definition) is 2. The molecule has 0 aliphatic carbocycles. The van der Waals surface area contributed by atoms with Crippen LogP contribution >= 0.6 is 0 Å². The average Bonchev–Trinajstić information content (AvgIpc) is 2.34. The Hall–Kier alpha value is -1.55. The Bertz CT molecular complexity index is 418. The summed E-state index contributed by atoms with van der Waals surface area (Å²) in [5.41, 5.74) is 7.44. The Morgan fingerprint density at radius 2 is 2.17 bits per heavy atom. The average molecular weight is 250 g/mol. The third kappa shape index (κ3) is 3.47. The molecule has 1 aromatic rings. The number of aryl methyl sites for hydroxylation is 1. The van der Waals surface area contributed by atoms with Gasteiger partial charge in [0.15, 0.2) is 6.10 Å². The van der Waals surface area contributed by atoms with Gasteiger partial charge in [-0.3, -0.25) is 4.79 Å². The minimum atomic E-state index is -0.574. The van der Waals surface area contributed by atoms with E-state index in [2.05, 4.69) is 5.32 Å². The van der Waals surface area contributed by atoms with Gasteiger partial charge in [-0.2, -0.15) is 0 Å². The van der Waals surface area contributed by atoms with Crippen LogP contribution in [-0.4, -0.2) is 19.1 Å². The van der Waals surface area contributed by atoms with Crippen molar-refractivity contribution in [1.82, 2.24) is 5.32 Å². The summed E-state index contributed by atoms with van der Waals surface area (Å²) in [4.78, 5) is 11.3. The SMILES string of the molecule is CCC(Oc1cc(C)ccc1C(C)NC)C(N)=O. The van der Waals surface area contributed by atoms with Gasteiger partial charge in [-0.05, 0) is 38.9 Å². The molecular formula is C14H22N2O2.